The smallest absolute Gasteiger partial charge is 0.357 e. The molecule has 144 valence electrons. The SMILES string of the molecule is COC(=O)c1csc(CN(C(=O)Nc2ccc(C)cc2)C2CCCCC2)n1. The zero-order chi connectivity index (χ0) is 19.2. The number of carbonyl (C=O) groups is 2. The van der Waals surface area contributed by atoms with Crippen LogP contribution in [0.25, 0.3) is 0 Å². The number of rotatable bonds is 5. The number of benzene rings is 1. The molecule has 2 aromatic rings. The lowest BCUT2D eigenvalue weighted by atomic mass is 9.94. The number of ether oxygens (including phenoxy) is 1. The van der Waals surface area contributed by atoms with Crippen LogP contribution in [0.15, 0.2) is 29.6 Å². The van der Waals surface area contributed by atoms with Gasteiger partial charge in [-0.1, -0.05) is 37.0 Å². The number of nitrogens with one attached hydrogen (secondary N) is 1. The Morgan fingerprint density at radius 2 is 1.93 bits per heavy atom. The highest BCUT2D eigenvalue weighted by molar-refractivity contribution is 7.09. The van der Waals surface area contributed by atoms with E-state index in [9.17, 15) is 9.59 Å². The summed E-state index contributed by atoms with van der Waals surface area (Å²) in [5.74, 6) is -0.453. The zero-order valence-corrected chi connectivity index (χ0v) is 16.6. The summed E-state index contributed by atoms with van der Waals surface area (Å²) in [6.07, 6.45) is 5.47. The number of amides is 2. The molecule has 1 aliphatic rings. The Bertz CT molecular complexity index is 782. The van der Waals surface area contributed by atoms with E-state index in [-0.39, 0.29) is 12.1 Å². The Hall–Kier alpha value is -2.41. The van der Waals surface area contributed by atoms with E-state index in [2.05, 4.69) is 10.3 Å². The van der Waals surface area contributed by atoms with E-state index < -0.39 is 5.97 Å². The fraction of sp³-hybridized carbons (Fsp3) is 0.450. The molecule has 0 unspecified atom stereocenters. The summed E-state index contributed by atoms with van der Waals surface area (Å²) in [7, 11) is 1.34. The Labute approximate surface area is 163 Å². The van der Waals surface area contributed by atoms with Crippen LogP contribution in [0.3, 0.4) is 0 Å². The van der Waals surface area contributed by atoms with Crippen LogP contribution in [0.5, 0.6) is 0 Å². The van der Waals surface area contributed by atoms with Gasteiger partial charge in [0.25, 0.3) is 0 Å². The number of esters is 1. The first kappa shape index (κ1) is 19.4. The van der Waals surface area contributed by atoms with Crippen molar-refractivity contribution in [1.29, 1.82) is 0 Å². The average molecular weight is 388 g/mol. The van der Waals surface area contributed by atoms with Gasteiger partial charge in [0.2, 0.25) is 0 Å². The van der Waals surface area contributed by atoms with Gasteiger partial charge in [0.1, 0.15) is 5.01 Å². The number of methoxy groups -OCH3 is 1. The minimum atomic E-state index is -0.453. The van der Waals surface area contributed by atoms with Crippen molar-refractivity contribution in [3.05, 3.63) is 45.9 Å². The van der Waals surface area contributed by atoms with E-state index in [4.69, 9.17) is 4.74 Å². The normalized spacial score (nSPS) is 14.6. The minimum Gasteiger partial charge on any atom is -0.464 e. The summed E-state index contributed by atoms with van der Waals surface area (Å²) in [4.78, 5) is 30.8. The molecule has 0 saturated heterocycles. The van der Waals surface area contributed by atoms with Crippen molar-refractivity contribution < 1.29 is 14.3 Å². The van der Waals surface area contributed by atoms with Crippen LogP contribution in [-0.2, 0) is 11.3 Å². The van der Waals surface area contributed by atoms with Gasteiger partial charge in [-0.15, -0.1) is 11.3 Å². The monoisotopic (exact) mass is 387 g/mol. The van der Waals surface area contributed by atoms with Crippen molar-refractivity contribution in [3.8, 4) is 0 Å². The first-order chi connectivity index (χ1) is 13.1. The first-order valence-corrected chi connectivity index (χ1v) is 10.1. The van der Waals surface area contributed by atoms with Crippen molar-refractivity contribution in [2.24, 2.45) is 0 Å². The molecule has 1 aromatic heterocycles. The number of nitrogens with zero attached hydrogens (tertiary/aromatic N) is 2. The molecule has 2 amide bonds. The lowest BCUT2D eigenvalue weighted by Gasteiger charge is -2.33. The van der Waals surface area contributed by atoms with Gasteiger partial charge in [-0.3, -0.25) is 0 Å². The van der Waals surface area contributed by atoms with Crippen LogP contribution < -0.4 is 5.32 Å². The standard InChI is InChI=1S/C20H25N3O3S/c1-14-8-10-15(11-9-14)21-20(25)23(16-6-4-3-5-7-16)12-18-22-17(13-27-18)19(24)26-2/h8-11,13,16H,3-7,12H2,1-2H3,(H,21,25). The highest BCUT2D eigenvalue weighted by atomic mass is 32.1. The highest BCUT2D eigenvalue weighted by Gasteiger charge is 2.27. The van der Waals surface area contributed by atoms with Gasteiger partial charge in [-0.05, 0) is 31.9 Å². The number of anilines is 1. The van der Waals surface area contributed by atoms with Crippen molar-refractivity contribution >= 4 is 29.0 Å². The number of hydrogen-bond acceptors (Lipinski definition) is 5. The summed E-state index contributed by atoms with van der Waals surface area (Å²) in [6, 6.07) is 7.83. The molecule has 1 fully saturated rings. The minimum absolute atomic E-state index is 0.124. The number of aryl methyl sites for hydroxylation is 1. The van der Waals surface area contributed by atoms with Gasteiger partial charge in [-0.2, -0.15) is 0 Å². The molecular weight excluding hydrogens is 362 g/mol. The molecule has 0 aliphatic heterocycles. The largest absolute Gasteiger partial charge is 0.464 e. The molecule has 1 saturated carbocycles. The number of aromatic nitrogens is 1. The van der Waals surface area contributed by atoms with Crippen molar-refractivity contribution in [1.82, 2.24) is 9.88 Å². The maximum Gasteiger partial charge on any atom is 0.357 e. The van der Waals surface area contributed by atoms with Crippen molar-refractivity contribution in [3.63, 3.8) is 0 Å². The lowest BCUT2D eigenvalue weighted by Crippen LogP contribution is -2.43. The number of thiazole rings is 1. The summed E-state index contributed by atoms with van der Waals surface area (Å²) >= 11 is 1.38. The molecule has 1 N–H and O–H groups in total. The maximum atomic E-state index is 13.0. The summed E-state index contributed by atoms with van der Waals surface area (Å²) in [5.41, 5.74) is 2.22. The second-order valence-electron chi connectivity index (χ2n) is 6.83. The van der Waals surface area contributed by atoms with Gasteiger partial charge in [-0.25, -0.2) is 14.6 Å². The number of carbonyl (C=O) groups excluding carboxylic acids is 2. The second kappa shape index (κ2) is 8.99. The Morgan fingerprint density at radius 1 is 1.22 bits per heavy atom. The molecule has 0 spiro atoms. The molecule has 1 aromatic carbocycles. The van der Waals surface area contributed by atoms with Crippen LogP contribution in [0.4, 0.5) is 10.5 Å². The van der Waals surface area contributed by atoms with Crippen LogP contribution in [-0.4, -0.2) is 35.0 Å². The van der Waals surface area contributed by atoms with Crippen molar-refractivity contribution in [2.45, 2.75) is 51.6 Å². The Kier molecular flexibility index (Phi) is 6.45. The fourth-order valence-electron chi connectivity index (χ4n) is 3.32. The van der Waals surface area contributed by atoms with E-state index in [1.54, 1.807) is 5.38 Å². The van der Waals surface area contributed by atoms with Gasteiger partial charge >= 0.3 is 12.0 Å². The first-order valence-electron chi connectivity index (χ1n) is 9.24. The second-order valence-corrected chi connectivity index (χ2v) is 7.78. The third kappa shape index (κ3) is 5.07. The Balaban J connectivity index is 1.75. The molecule has 0 bridgehead atoms. The third-order valence-corrected chi connectivity index (χ3v) is 5.66. The maximum absolute atomic E-state index is 13.0. The van der Waals surface area contributed by atoms with Gasteiger partial charge < -0.3 is 15.0 Å². The third-order valence-electron chi connectivity index (χ3n) is 4.83. The summed E-state index contributed by atoms with van der Waals surface area (Å²) in [6.45, 7) is 2.41. The van der Waals surface area contributed by atoms with E-state index >= 15 is 0 Å². The molecule has 3 rings (SSSR count). The molecule has 0 atom stereocenters. The number of urea groups is 1. The predicted octanol–water partition coefficient (Wildman–Crippen LogP) is 4.60. The van der Waals surface area contributed by atoms with E-state index in [1.165, 1.54) is 24.9 Å². The van der Waals surface area contributed by atoms with Crippen molar-refractivity contribution in [2.75, 3.05) is 12.4 Å². The highest BCUT2D eigenvalue weighted by Crippen LogP contribution is 2.26. The van der Waals surface area contributed by atoms with E-state index in [1.807, 2.05) is 36.1 Å². The molecule has 6 nitrogen and oxygen atoms in total. The topological polar surface area (TPSA) is 71.5 Å². The Morgan fingerprint density at radius 3 is 2.59 bits per heavy atom. The molecule has 1 aliphatic carbocycles. The molecule has 0 radical (unpaired) electrons. The van der Waals surface area contributed by atoms with Gasteiger partial charge in [0, 0.05) is 17.1 Å². The molecular formula is C20H25N3O3S. The van der Waals surface area contributed by atoms with Gasteiger partial charge in [0.15, 0.2) is 5.69 Å². The molecule has 1 heterocycles. The summed E-state index contributed by atoms with van der Waals surface area (Å²) in [5, 5.41) is 5.41. The van der Waals surface area contributed by atoms with Crippen LogP contribution in [0.2, 0.25) is 0 Å². The van der Waals surface area contributed by atoms with Gasteiger partial charge in [0.05, 0.1) is 13.7 Å². The number of hydrogen-bond donors (Lipinski definition) is 1. The molecule has 27 heavy (non-hydrogen) atoms. The van der Waals surface area contributed by atoms with Crippen LogP contribution in [0.1, 0.15) is 53.2 Å². The lowest BCUT2D eigenvalue weighted by molar-refractivity contribution is 0.0594. The average Bonchev–Trinajstić information content (AvgIpc) is 3.16. The molecule has 7 heteroatoms. The zero-order valence-electron chi connectivity index (χ0n) is 15.7. The predicted molar refractivity (Wildman–Crippen MR) is 106 cm³/mol. The van der Waals surface area contributed by atoms with Crippen LogP contribution >= 0.6 is 11.3 Å². The van der Waals surface area contributed by atoms with E-state index in [0.717, 1.165) is 41.9 Å². The fourth-order valence-corrected chi connectivity index (χ4v) is 4.08. The summed E-state index contributed by atoms with van der Waals surface area (Å²) < 4.78 is 4.72. The van der Waals surface area contributed by atoms with Crippen LogP contribution in [0, 0.1) is 6.92 Å². The van der Waals surface area contributed by atoms with E-state index in [0.29, 0.717) is 12.2 Å². The quantitative estimate of drug-likeness (QED) is 0.761.